The van der Waals surface area contributed by atoms with Crippen molar-refractivity contribution in [2.24, 2.45) is 0 Å². The van der Waals surface area contributed by atoms with Gasteiger partial charge >= 0.3 is 0 Å². The maximum Gasteiger partial charge on any atom is 0.209 e. The Morgan fingerprint density at radius 2 is 1.69 bits per heavy atom. The van der Waals surface area contributed by atoms with Crippen molar-refractivity contribution in [1.82, 2.24) is 19.5 Å². The van der Waals surface area contributed by atoms with E-state index in [1.165, 1.54) is 12.1 Å². The van der Waals surface area contributed by atoms with E-state index in [-0.39, 0.29) is 29.6 Å². The van der Waals surface area contributed by atoms with E-state index >= 15 is 0 Å². The summed E-state index contributed by atoms with van der Waals surface area (Å²) in [4.78, 5) is 13.0. The Labute approximate surface area is 173 Å². The number of anilines is 1. The Kier molecular flexibility index (Phi) is 6.77. The number of nitrogens with two attached hydrogens (primary N) is 1. The van der Waals surface area contributed by atoms with Crippen LogP contribution in [0.15, 0.2) is 18.2 Å². The molecule has 0 fully saturated rings. The van der Waals surface area contributed by atoms with E-state index in [1.807, 2.05) is 20.8 Å². The van der Waals surface area contributed by atoms with Crippen molar-refractivity contribution in [2.45, 2.75) is 45.8 Å². The molecule has 0 aliphatic rings. The third-order valence-electron chi connectivity index (χ3n) is 4.64. The van der Waals surface area contributed by atoms with Gasteiger partial charge in [-0.3, -0.25) is 0 Å². The maximum atomic E-state index is 13.7. The van der Waals surface area contributed by atoms with Crippen LogP contribution in [-0.4, -0.2) is 30.2 Å². The summed E-state index contributed by atoms with van der Waals surface area (Å²) in [5.41, 5.74) is 5.92. The monoisotopic (exact) mass is 421 g/mol. The van der Waals surface area contributed by atoms with Gasteiger partial charge < -0.3 is 15.4 Å². The number of benzene rings is 1. The minimum absolute atomic E-state index is 0. The normalized spacial score (nSPS) is 11.1. The minimum atomic E-state index is -1.12. The number of aromatic nitrogens is 4. The highest BCUT2D eigenvalue weighted by Crippen LogP contribution is 2.27. The zero-order valence-electron chi connectivity index (χ0n) is 16.3. The minimum Gasteiger partial charge on any atom is -0.382 e. The first kappa shape index (κ1) is 22.5. The molecule has 0 spiro atoms. The van der Waals surface area contributed by atoms with Gasteiger partial charge in [0.1, 0.15) is 23.1 Å². The number of nitrogens with zero attached hydrogens (tertiary/aromatic N) is 4. The highest BCUT2D eigenvalue weighted by molar-refractivity contribution is 5.86. The van der Waals surface area contributed by atoms with Gasteiger partial charge in [0, 0.05) is 18.2 Å². The Morgan fingerprint density at radius 3 is 2.24 bits per heavy atom. The fraction of sp³-hybridized carbons (Fsp3) is 0.350. The lowest BCUT2D eigenvalue weighted by molar-refractivity contribution is 0.0931. The second kappa shape index (κ2) is 8.72. The van der Waals surface area contributed by atoms with Crippen molar-refractivity contribution in [1.29, 1.82) is 0 Å². The van der Waals surface area contributed by atoms with Gasteiger partial charge in [0.2, 0.25) is 5.82 Å². The third-order valence-corrected chi connectivity index (χ3v) is 4.64. The van der Waals surface area contributed by atoms with E-state index in [0.717, 1.165) is 6.07 Å². The van der Waals surface area contributed by atoms with Crippen LogP contribution in [0.3, 0.4) is 0 Å². The average Bonchev–Trinajstić information content (AvgIpc) is 3.04. The first-order valence-corrected chi connectivity index (χ1v) is 9.06. The van der Waals surface area contributed by atoms with Gasteiger partial charge in [0.25, 0.3) is 0 Å². The first-order chi connectivity index (χ1) is 13.3. The molecule has 0 saturated carbocycles. The van der Waals surface area contributed by atoms with Crippen LogP contribution in [0.5, 0.6) is 0 Å². The molecule has 0 radical (unpaired) electrons. The van der Waals surface area contributed by atoms with Crippen LogP contribution < -0.4 is 5.73 Å². The molecule has 0 atom stereocenters. The van der Waals surface area contributed by atoms with Crippen LogP contribution in [0.1, 0.15) is 39.4 Å². The van der Waals surface area contributed by atoms with E-state index < -0.39 is 17.2 Å². The first-order valence-electron chi connectivity index (χ1n) is 9.06. The van der Waals surface area contributed by atoms with Crippen molar-refractivity contribution in [2.75, 3.05) is 5.73 Å². The number of hydrogen-bond donors (Lipinski definition) is 2. The standard InChI is InChI=1S/C20H21F2N5O.ClH/c1-4-20(28,5-2)8-7-15-24-17(23)16-19(25-15)27(6-3)18(26-16)12-9-13(21)11-14(22)10-12;/h9-11,28H,4-6H2,1-3H3,(H2,23,24,25);1H. The molecule has 0 bridgehead atoms. The van der Waals surface area contributed by atoms with Crippen LogP contribution in [0, 0.1) is 23.5 Å². The predicted molar refractivity (Wildman–Crippen MR) is 110 cm³/mol. The van der Waals surface area contributed by atoms with Gasteiger partial charge in [0.05, 0.1) is 0 Å². The van der Waals surface area contributed by atoms with Crippen LogP contribution in [0.2, 0.25) is 0 Å². The SMILES string of the molecule is CCn1c(-c2cc(F)cc(F)c2)nc2c(N)nc(C#CC(O)(CC)CC)nc21.Cl. The lowest BCUT2D eigenvalue weighted by Gasteiger charge is -2.16. The fourth-order valence-electron chi connectivity index (χ4n) is 2.88. The molecule has 29 heavy (non-hydrogen) atoms. The van der Waals surface area contributed by atoms with E-state index in [0.29, 0.717) is 36.4 Å². The summed E-state index contributed by atoms with van der Waals surface area (Å²) in [6.45, 7) is 5.98. The molecule has 0 unspecified atom stereocenters. The molecule has 3 N–H and O–H groups in total. The lowest BCUT2D eigenvalue weighted by Crippen LogP contribution is -2.23. The summed E-state index contributed by atoms with van der Waals surface area (Å²) in [6.07, 6.45) is 0.937. The van der Waals surface area contributed by atoms with Gasteiger partial charge in [-0.1, -0.05) is 19.8 Å². The topological polar surface area (TPSA) is 89.9 Å². The maximum absolute atomic E-state index is 13.7. The number of hydrogen-bond acceptors (Lipinski definition) is 5. The Bertz CT molecular complexity index is 1080. The summed E-state index contributed by atoms with van der Waals surface area (Å²) < 4.78 is 29.0. The molecule has 1 aromatic carbocycles. The smallest absolute Gasteiger partial charge is 0.209 e. The molecular weight excluding hydrogens is 400 g/mol. The fourth-order valence-corrected chi connectivity index (χ4v) is 2.88. The molecule has 0 aliphatic carbocycles. The molecule has 2 aromatic heterocycles. The van der Waals surface area contributed by atoms with E-state index in [9.17, 15) is 13.9 Å². The van der Waals surface area contributed by atoms with Crippen LogP contribution >= 0.6 is 12.4 Å². The second-order valence-corrected chi connectivity index (χ2v) is 6.43. The molecule has 6 nitrogen and oxygen atoms in total. The van der Waals surface area contributed by atoms with Crippen molar-refractivity contribution >= 4 is 29.4 Å². The predicted octanol–water partition coefficient (Wildman–Crippen LogP) is 3.70. The van der Waals surface area contributed by atoms with E-state index in [4.69, 9.17) is 5.73 Å². The molecule has 3 rings (SSSR count). The molecule has 9 heteroatoms. The average molecular weight is 422 g/mol. The zero-order valence-corrected chi connectivity index (χ0v) is 17.1. The van der Waals surface area contributed by atoms with Crippen LogP contribution in [-0.2, 0) is 6.54 Å². The molecule has 0 aliphatic heterocycles. The quantitative estimate of drug-likeness (QED) is 0.627. The number of imidazole rings is 1. The summed E-state index contributed by atoms with van der Waals surface area (Å²) in [7, 11) is 0. The molecular formula is C20H22ClF2N5O. The number of rotatable bonds is 4. The molecule has 0 amide bonds. The van der Waals surface area contributed by atoms with Crippen molar-refractivity contribution in [3.8, 4) is 23.2 Å². The summed E-state index contributed by atoms with van der Waals surface area (Å²) in [6, 6.07) is 3.19. The van der Waals surface area contributed by atoms with Crippen molar-refractivity contribution < 1.29 is 13.9 Å². The Balaban J connectivity index is 0.00000300. The molecule has 3 aromatic rings. The zero-order chi connectivity index (χ0) is 20.5. The van der Waals surface area contributed by atoms with Crippen molar-refractivity contribution in [3.05, 3.63) is 35.7 Å². The number of aliphatic hydroxyl groups is 1. The highest BCUT2D eigenvalue weighted by atomic mass is 35.5. The van der Waals surface area contributed by atoms with Crippen LogP contribution in [0.25, 0.3) is 22.6 Å². The highest BCUT2D eigenvalue weighted by Gasteiger charge is 2.20. The van der Waals surface area contributed by atoms with Gasteiger partial charge in [-0.25, -0.2) is 23.7 Å². The summed E-state index contributed by atoms with van der Waals surface area (Å²) >= 11 is 0. The number of nitrogen functional groups attached to an aromatic ring is 1. The molecule has 0 saturated heterocycles. The number of halogens is 3. The van der Waals surface area contributed by atoms with E-state index in [2.05, 4.69) is 26.8 Å². The largest absolute Gasteiger partial charge is 0.382 e. The molecule has 2 heterocycles. The second-order valence-electron chi connectivity index (χ2n) is 6.43. The number of aryl methyl sites for hydroxylation is 1. The van der Waals surface area contributed by atoms with Gasteiger partial charge in [-0.15, -0.1) is 12.4 Å². The summed E-state index contributed by atoms with van der Waals surface area (Å²) in [5.74, 6) is 4.76. The van der Waals surface area contributed by atoms with Gasteiger partial charge in [-0.2, -0.15) is 0 Å². The van der Waals surface area contributed by atoms with Crippen LogP contribution in [0.4, 0.5) is 14.6 Å². The third kappa shape index (κ3) is 4.47. The van der Waals surface area contributed by atoms with Gasteiger partial charge in [0.15, 0.2) is 17.0 Å². The Hall–Kier alpha value is -2.76. The molecule has 154 valence electrons. The lowest BCUT2D eigenvalue weighted by atomic mass is 9.98. The van der Waals surface area contributed by atoms with Gasteiger partial charge in [-0.05, 0) is 37.8 Å². The number of fused-ring (bicyclic) bond motifs is 1. The Morgan fingerprint density at radius 1 is 1.07 bits per heavy atom. The summed E-state index contributed by atoms with van der Waals surface area (Å²) in [5, 5.41) is 10.3. The van der Waals surface area contributed by atoms with E-state index in [1.54, 1.807) is 4.57 Å². The van der Waals surface area contributed by atoms with Crippen molar-refractivity contribution in [3.63, 3.8) is 0 Å².